The van der Waals surface area contributed by atoms with E-state index in [-0.39, 0.29) is 5.78 Å². The highest BCUT2D eigenvalue weighted by Gasteiger charge is 2.16. The molecule has 0 fully saturated rings. The Morgan fingerprint density at radius 1 is 0.643 bits per heavy atom. The molecular weight excluding hydrogens is 344 g/mol. The number of carbonyl (C=O) groups excluding carboxylic acids is 1. The van der Waals surface area contributed by atoms with Crippen molar-refractivity contribution in [3.63, 3.8) is 0 Å². The van der Waals surface area contributed by atoms with Gasteiger partial charge in [0.1, 0.15) is 0 Å². The zero-order valence-corrected chi connectivity index (χ0v) is 15.1. The lowest BCUT2D eigenvalue weighted by atomic mass is 9.94. The SMILES string of the molecule is O=C(C=C(c1c[nH]c2ccccc12)c1c[nH]c2ccccc12)c1ccccc1. The maximum Gasteiger partial charge on any atom is 0.186 e. The van der Waals surface area contributed by atoms with Gasteiger partial charge in [-0.15, -0.1) is 0 Å². The second kappa shape index (κ2) is 6.71. The molecule has 28 heavy (non-hydrogen) atoms. The normalized spacial score (nSPS) is 11.0. The summed E-state index contributed by atoms with van der Waals surface area (Å²) in [4.78, 5) is 19.7. The molecule has 0 bridgehead atoms. The topological polar surface area (TPSA) is 48.6 Å². The predicted octanol–water partition coefficient (Wildman–Crippen LogP) is 5.96. The van der Waals surface area contributed by atoms with Crippen LogP contribution in [0.2, 0.25) is 0 Å². The van der Waals surface area contributed by atoms with Gasteiger partial charge in [-0.05, 0) is 23.8 Å². The van der Waals surface area contributed by atoms with E-state index in [2.05, 4.69) is 22.1 Å². The molecular formula is C25H18N2O. The van der Waals surface area contributed by atoms with Crippen molar-refractivity contribution < 1.29 is 4.79 Å². The van der Waals surface area contributed by atoms with Crippen LogP contribution in [0.1, 0.15) is 21.5 Å². The Hall–Kier alpha value is -3.85. The minimum Gasteiger partial charge on any atom is -0.361 e. The van der Waals surface area contributed by atoms with Crippen molar-refractivity contribution in [1.29, 1.82) is 0 Å². The number of aromatic amines is 2. The number of H-pyrrole nitrogens is 2. The third kappa shape index (κ3) is 2.74. The van der Waals surface area contributed by atoms with Gasteiger partial charge in [0.05, 0.1) is 0 Å². The Bertz CT molecular complexity index is 1250. The second-order valence-corrected chi connectivity index (χ2v) is 6.78. The maximum absolute atomic E-state index is 13.0. The van der Waals surface area contributed by atoms with Crippen molar-refractivity contribution in [2.75, 3.05) is 0 Å². The number of hydrogen-bond donors (Lipinski definition) is 2. The first-order valence-corrected chi connectivity index (χ1v) is 9.25. The number of aromatic nitrogens is 2. The van der Waals surface area contributed by atoms with Gasteiger partial charge in [0.15, 0.2) is 5.78 Å². The monoisotopic (exact) mass is 362 g/mol. The van der Waals surface area contributed by atoms with Crippen LogP contribution in [0.4, 0.5) is 0 Å². The molecule has 0 amide bonds. The lowest BCUT2D eigenvalue weighted by Crippen LogP contribution is -1.97. The number of carbonyl (C=O) groups is 1. The number of rotatable bonds is 4. The fourth-order valence-electron chi connectivity index (χ4n) is 3.71. The molecule has 2 N–H and O–H groups in total. The van der Waals surface area contributed by atoms with Crippen LogP contribution < -0.4 is 0 Å². The van der Waals surface area contributed by atoms with Crippen LogP contribution >= 0.6 is 0 Å². The Morgan fingerprint density at radius 3 is 1.71 bits per heavy atom. The van der Waals surface area contributed by atoms with Gasteiger partial charge in [0.2, 0.25) is 0 Å². The van der Waals surface area contributed by atoms with Gasteiger partial charge >= 0.3 is 0 Å². The summed E-state index contributed by atoms with van der Waals surface area (Å²) < 4.78 is 0. The highest BCUT2D eigenvalue weighted by Crippen LogP contribution is 2.34. The molecule has 0 saturated carbocycles. The van der Waals surface area contributed by atoms with E-state index >= 15 is 0 Å². The predicted molar refractivity (Wildman–Crippen MR) is 114 cm³/mol. The van der Waals surface area contributed by atoms with Crippen LogP contribution in [-0.4, -0.2) is 15.8 Å². The van der Waals surface area contributed by atoms with E-state index in [0.717, 1.165) is 38.5 Å². The van der Waals surface area contributed by atoms with Crippen LogP contribution in [0, 0.1) is 0 Å². The fourth-order valence-corrected chi connectivity index (χ4v) is 3.71. The highest BCUT2D eigenvalue weighted by atomic mass is 16.1. The molecule has 0 radical (unpaired) electrons. The van der Waals surface area contributed by atoms with Gasteiger partial charge in [-0.2, -0.15) is 0 Å². The lowest BCUT2D eigenvalue weighted by molar-refractivity contribution is 0.104. The van der Waals surface area contributed by atoms with E-state index in [0.29, 0.717) is 5.56 Å². The van der Waals surface area contributed by atoms with E-state index in [4.69, 9.17) is 0 Å². The van der Waals surface area contributed by atoms with E-state index in [1.165, 1.54) is 0 Å². The van der Waals surface area contributed by atoms with E-state index in [1.807, 2.05) is 79.1 Å². The minimum atomic E-state index is -0.00818. The molecule has 134 valence electrons. The Labute approximate surface area is 162 Å². The largest absolute Gasteiger partial charge is 0.361 e. The summed E-state index contributed by atoms with van der Waals surface area (Å²) in [7, 11) is 0. The Kier molecular flexibility index (Phi) is 3.91. The summed E-state index contributed by atoms with van der Waals surface area (Å²) in [6, 6.07) is 25.7. The van der Waals surface area contributed by atoms with Gasteiger partial charge in [-0.1, -0.05) is 66.7 Å². The molecule has 0 aliphatic carbocycles. The average Bonchev–Trinajstić information content (AvgIpc) is 3.37. The van der Waals surface area contributed by atoms with E-state index in [9.17, 15) is 4.79 Å². The van der Waals surface area contributed by atoms with Crippen molar-refractivity contribution in [3.8, 4) is 0 Å². The molecule has 3 heteroatoms. The third-order valence-corrected chi connectivity index (χ3v) is 5.09. The molecule has 5 aromatic rings. The van der Waals surface area contributed by atoms with Crippen LogP contribution in [0.3, 0.4) is 0 Å². The molecule has 5 rings (SSSR count). The Balaban J connectivity index is 1.75. The van der Waals surface area contributed by atoms with E-state index in [1.54, 1.807) is 6.08 Å². The van der Waals surface area contributed by atoms with Crippen LogP contribution in [0.5, 0.6) is 0 Å². The zero-order valence-electron chi connectivity index (χ0n) is 15.1. The van der Waals surface area contributed by atoms with Crippen molar-refractivity contribution in [3.05, 3.63) is 114 Å². The molecule has 0 saturated heterocycles. The summed E-state index contributed by atoms with van der Waals surface area (Å²) in [6.07, 6.45) is 5.72. The van der Waals surface area contributed by atoms with Crippen molar-refractivity contribution in [2.45, 2.75) is 0 Å². The number of nitrogens with one attached hydrogen (secondary N) is 2. The van der Waals surface area contributed by atoms with Crippen LogP contribution in [0.15, 0.2) is 97.3 Å². The quantitative estimate of drug-likeness (QED) is 0.301. The molecule has 0 spiro atoms. The summed E-state index contributed by atoms with van der Waals surface area (Å²) in [5.41, 5.74) is 5.73. The Morgan fingerprint density at radius 2 is 1.14 bits per heavy atom. The smallest absolute Gasteiger partial charge is 0.186 e. The van der Waals surface area contributed by atoms with Gasteiger partial charge in [-0.25, -0.2) is 0 Å². The first-order chi connectivity index (χ1) is 13.8. The third-order valence-electron chi connectivity index (χ3n) is 5.09. The average molecular weight is 362 g/mol. The second-order valence-electron chi connectivity index (χ2n) is 6.78. The fraction of sp³-hybridized carbons (Fsp3) is 0. The maximum atomic E-state index is 13.0. The van der Waals surface area contributed by atoms with Crippen molar-refractivity contribution in [1.82, 2.24) is 9.97 Å². The highest BCUT2D eigenvalue weighted by molar-refractivity contribution is 6.14. The number of allylic oxidation sites excluding steroid dienone is 1. The first kappa shape index (κ1) is 16.3. The van der Waals surface area contributed by atoms with Crippen molar-refractivity contribution >= 4 is 33.2 Å². The lowest BCUT2D eigenvalue weighted by Gasteiger charge is -2.07. The summed E-state index contributed by atoms with van der Waals surface area (Å²) in [5, 5.41) is 2.19. The standard InChI is InChI=1S/C25H18N2O/c28-25(17-8-2-1-3-9-17)14-20(21-15-26-23-12-6-4-10-18(21)23)22-16-27-24-13-7-5-11-19(22)24/h1-16,26-27H. The zero-order chi connectivity index (χ0) is 18.9. The summed E-state index contributed by atoms with van der Waals surface area (Å²) in [5.74, 6) is -0.00818. The molecule has 0 aliphatic heterocycles. The van der Waals surface area contributed by atoms with Crippen LogP contribution in [0.25, 0.3) is 27.4 Å². The molecule has 0 aliphatic rings. The summed E-state index contributed by atoms with van der Waals surface area (Å²) >= 11 is 0. The molecule has 3 aromatic carbocycles. The van der Waals surface area contributed by atoms with Crippen LogP contribution in [-0.2, 0) is 0 Å². The molecule has 3 nitrogen and oxygen atoms in total. The summed E-state index contributed by atoms with van der Waals surface area (Å²) in [6.45, 7) is 0. The number of fused-ring (bicyclic) bond motifs is 2. The number of para-hydroxylation sites is 2. The molecule has 2 aromatic heterocycles. The van der Waals surface area contributed by atoms with Gasteiger partial charge in [0, 0.05) is 50.9 Å². The number of hydrogen-bond acceptors (Lipinski definition) is 1. The van der Waals surface area contributed by atoms with Gasteiger partial charge in [0.25, 0.3) is 0 Å². The molecule has 0 atom stereocenters. The minimum absolute atomic E-state index is 0.00818. The number of benzene rings is 3. The van der Waals surface area contributed by atoms with Gasteiger partial charge < -0.3 is 9.97 Å². The number of ketones is 1. The molecule has 2 heterocycles. The van der Waals surface area contributed by atoms with Gasteiger partial charge in [-0.3, -0.25) is 4.79 Å². The first-order valence-electron chi connectivity index (χ1n) is 9.25. The van der Waals surface area contributed by atoms with E-state index < -0.39 is 0 Å². The van der Waals surface area contributed by atoms with Crippen molar-refractivity contribution in [2.24, 2.45) is 0 Å². The molecule has 0 unspecified atom stereocenters.